The molecule has 23 heavy (non-hydrogen) atoms. The Morgan fingerprint density at radius 3 is 2.91 bits per heavy atom. The van der Waals surface area contributed by atoms with E-state index in [0.29, 0.717) is 16.4 Å². The lowest BCUT2D eigenvalue weighted by Crippen LogP contribution is -2.10. The number of nitrogens with zero attached hydrogens (tertiary/aromatic N) is 4. The van der Waals surface area contributed by atoms with Crippen molar-refractivity contribution >= 4 is 33.8 Å². The number of H-pyrrole nitrogens is 1. The van der Waals surface area contributed by atoms with Gasteiger partial charge in [-0.25, -0.2) is 15.0 Å². The average Bonchev–Trinajstić information content (AvgIpc) is 2.94. The van der Waals surface area contributed by atoms with E-state index in [0.717, 1.165) is 22.0 Å². The van der Waals surface area contributed by atoms with Crippen LogP contribution in [0.5, 0.6) is 0 Å². The second-order valence-electron chi connectivity index (χ2n) is 5.23. The van der Waals surface area contributed by atoms with Gasteiger partial charge < -0.3 is 9.55 Å². The number of aromatic amines is 1. The van der Waals surface area contributed by atoms with Crippen molar-refractivity contribution in [2.45, 2.75) is 5.16 Å². The monoisotopic (exact) mass is 323 g/mol. The number of nitrogens with one attached hydrogen (secondary N) is 1. The third-order valence-electron chi connectivity index (χ3n) is 3.79. The Balaban J connectivity index is 1.94. The van der Waals surface area contributed by atoms with Crippen LogP contribution in [0.25, 0.3) is 33.2 Å². The molecule has 6 nitrogen and oxygen atoms in total. The first-order valence-electron chi connectivity index (χ1n) is 7.01. The van der Waals surface area contributed by atoms with Crippen LogP contribution in [0.2, 0.25) is 0 Å². The van der Waals surface area contributed by atoms with Crippen LogP contribution >= 0.6 is 11.8 Å². The minimum Gasteiger partial charge on any atom is -0.334 e. The fourth-order valence-corrected chi connectivity index (χ4v) is 2.92. The Morgan fingerprint density at radius 1 is 1.22 bits per heavy atom. The number of aryl methyl sites for hydroxylation is 1. The summed E-state index contributed by atoms with van der Waals surface area (Å²) in [7, 11) is 1.93. The molecule has 3 heterocycles. The van der Waals surface area contributed by atoms with Crippen LogP contribution in [0.3, 0.4) is 0 Å². The second-order valence-corrected chi connectivity index (χ2v) is 6.01. The van der Waals surface area contributed by atoms with E-state index >= 15 is 0 Å². The maximum Gasteiger partial charge on any atom is 0.257 e. The molecule has 0 saturated carbocycles. The van der Waals surface area contributed by atoms with E-state index in [2.05, 4.69) is 19.9 Å². The Hall–Kier alpha value is -2.67. The van der Waals surface area contributed by atoms with Crippen molar-refractivity contribution in [2.24, 2.45) is 7.05 Å². The van der Waals surface area contributed by atoms with E-state index in [1.54, 1.807) is 12.5 Å². The van der Waals surface area contributed by atoms with E-state index in [4.69, 9.17) is 0 Å². The van der Waals surface area contributed by atoms with E-state index in [9.17, 15) is 4.79 Å². The molecule has 0 unspecified atom stereocenters. The molecule has 4 aromatic rings. The lowest BCUT2D eigenvalue weighted by molar-refractivity contribution is 0.948. The van der Waals surface area contributed by atoms with Crippen molar-refractivity contribution in [2.75, 3.05) is 6.26 Å². The van der Waals surface area contributed by atoms with Crippen LogP contribution in [-0.2, 0) is 7.05 Å². The average molecular weight is 323 g/mol. The Kier molecular flexibility index (Phi) is 3.16. The van der Waals surface area contributed by atoms with Crippen molar-refractivity contribution in [1.29, 1.82) is 0 Å². The number of imidazole rings is 1. The molecule has 0 amide bonds. The van der Waals surface area contributed by atoms with Gasteiger partial charge in [-0.15, -0.1) is 0 Å². The molecular formula is C16H13N5OS. The van der Waals surface area contributed by atoms with Crippen molar-refractivity contribution in [3.63, 3.8) is 0 Å². The largest absolute Gasteiger partial charge is 0.334 e. The lowest BCUT2D eigenvalue weighted by Gasteiger charge is -2.05. The van der Waals surface area contributed by atoms with Crippen LogP contribution in [0.1, 0.15) is 0 Å². The summed E-state index contributed by atoms with van der Waals surface area (Å²) >= 11 is 1.44. The van der Waals surface area contributed by atoms with Crippen LogP contribution in [0, 0.1) is 0 Å². The van der Waals surface area contributed by atoms with Gasteiger partial charge in [0.15, 0.2) is 5.16 Å². The normalized spacial score (nSPS) is 11.4. The molecule has 114 valence electrons. The minimum atomic E-state index is -0.162. The highest BCUT2D eigenvalue weighted by atomic mass is 32.2. The van der Waals surface area contributed by atoms with Gasteiger partial charge in [0.25, 0.3) is 5.56 Å². The van der Waals surface area contributed by atoms with Gasteiger partial charge in [-0.2, -0.15) is 0 Å². The maximum atomic E-state index is 12.4. The van der Waals surface area contributed by atoms with Crippen LogP contribution < -0.4 is 5.56 Å². The summed E-state index contributed by atoms with van der Waals surface area (Å²) in [6.45, 7) is 0. The minimum absolute atomic E-state index is 0.162. The van der Waals surface area contributed by atoms with E-state index < -0.39 is 0 Å². The van der Waals surface area contributed by atoms with Gasteiger partial charge in [0, 0.05) is 24.2 Å². The number of thioether (sulfide) groups is 1. The van der Waals surface area contributed by atoms with Crippen LogP contribution in [0.15, 0.2) is 46.7 Å². The summed E-state index contributed by atoms with van der Waals surface area (Å²) in [6.07, 6.45) is 5.39. The van der Waals surface area contributed by atoms with Crippen molar-refractivity contribution in [3.8, 4) is 11.1 Å². The van der Waals surface area contributed by atoms with Crippen LogP contribution in [0.4, 0.5) is 0 Å². The molecule has 0 aliphatic carbocycles. The molecule has 0 spiro atoms. The molecule has 0 atom stereocenters. The van der Waals surface area contributed by atoms with Crippen molar-refractivity contribution < 1.29 is 0 Å². The zero-order valence-electron chi connectivity index (χ0n) is 12.6. The molecule has 3 aromatic heterocycles. The standard InChI is InChI=1S/C16H13N5OS/c1-21-8-18-12-4-3-9(6-13(12)21)11-5-10-7-17-16(23-2)20-14(10)19-15(11)22/h3-8H,1-2H3,(H,17,19,20,22). The fraction of sp³-hybridized carbons (Fsp3) is 0.125. The summed E-state index contributed by atoms with van der Waals surface area (Å²) in [5.41, 5.74) is 3.72. The first-order chi connectivity index (χ1) is 11.2. The third-order valence-corrected chi connectivity index (χ3v) is 4.35. The first-order valence-corrected chi connectivity index (χ1v) is 8.24. The van der Waals surface area contributed by atoms with Gasteiger partial charge in [0.05, 0.1) is 17.4 Å². The highest BCUT2D eigenvalue weighted by molar-refractivity contribution is 7.98. The van der Waals surface area contributed by atoms with Crippen molar-refractivity contribution in [3.05, 3.63) is 47.1 Å². The van der Waals surface area contributed by atoms with E-state index in [1.165, 1.54) is 11.8 Å². The summed E-state index contributed by atoms with van der Waals surface area (Å²) < 4.78 is 1.93. The predicted molar refractivity (Wildman–Crippen MR) is 91.6 cm³/mol. The smallest absolute Gasteiger partial charge is 0.257 e. The third kappa shape index (κ3) is 2.29. The molecule has 1 aromatic carbocycles. The molecule has 0 radical (unpaired) electrons. The summed E-state index contributed by atoms with van der Waals surface area (Å²) in [5.74, 6) is 0. The van der Waals surface area contributed by atoms with E-state index in [1.807, 2.05) is 42.1 Å². The number of benzene rings is 1. The molecule has 0 aliphatic rings. The molecule has 0 bridgehead atoms. The first kappa shape index (κ1) is 14.0. The Morgan fingerprint density at radius 2 is 2.09 bits per heavy atom. The number of fused-ring (bicyclic) bond motifs is 2. The summed E-state index contributed by atoms with van der Waals surface area (Å²) in [4.78, 5) is 28.2. The van der Waals surface area contributed by atoms with Gasteiger partial charge >= 0.3 is 0 Å². The molecule has 0 saturated heterocycles. The molecule has 0 fully saturated rings. The molecule has 1 N–H and O–H groups in total. The number of hydrogen-bond acceptors (Lipinski definition) is 5. The fourth-order valence-electron chi connectivity index (χ4n) is 2.58. The van der Waals surface area contributed by atoms with Gasteiger partial charge in [-0.05, 0) is 30.0 Å². The highest BCUT2D eigenvalue weighted by Crippen LogP contribution is 2.23. The number of pyridine rings is 1. The van der Waals surface area contributed by atoms with Gasteiger partial charge in [-0.1, -0.05) is 17.8 Å². The summed E-state index contributed by atoms with van der Waals surface area (Å²) in [6, 6.07) is 7.62. The molecule has 7 heteroatoms. The maximum absolute atomic E-state index is 12.4. The van der Waals surface area contributed by atoms with Crippen LogP contribution in [-0.4, -0.2) is 30.8 Å². The van der Waals surface area contributed by atoms with Gasteiger partial charge in [-0.3, -0.25) is 4.79 Å². The topological polar surface area (TPSA) is 76.5 Å². The summed E-state index contributed by atoms with van der Waals surface area (Å²) in [5, 5.41) is 1.44. The zero-order valence-corrected chi connectivity index (χ0v) is 13.4. The molecular weight excluding hydrogens is 310 g/mol. The number of rotatable bonds is 2. The molecule has 4 rings (SSSR count). The molecule has 0 aliphatic heterocycles. The lowest BCUT2D eigenvalue weighted by atomic mass is 10.1. The number of hydrogen-bond donors (Lipinski definition) is 1. The Labute approximate surface area is 135 Å². The number of aromatic nitrogens is 5. The Bertz CT molecular complexity index is 1100. The van der Waals surface area contributed by atoms with Crippen molar-refractivity contribution in [1.82, 2.24) is 24.5 Å². The van der Waals surface area contributed by atoms with Gasteiger partial charge in [0.2, 0.25) is 0 Å². The quantitative estimate of drug-likeness (QED) is 0.453. The predicted octanol–water partition coefficient (Wildman–Crippen LogP) is 2.59. The van der Waals surface area contributed by atoms with Gasteiger partial charge in [0.1, 0.15) is 5.65 Å². The second kappa shape index (κ2) is 5.20. The SMILES string of the molecule is CSc1ncc2cc(-c3ccc4ncn(C)c4c3)c(=O)[nH]c2n1. The van der Waals surface area contributed by atoms with E-state index in [-0.39, 0.29) is 5.56 Å². The highest BCUT2D eigenvalue weighted by Gasteiger charge is 2.09. The zero-order chi connectivity index (χ0) is 16.0.